The van der Waals surface area contributed by atoms with Crippen molar-refractivity contribution in [3.05, 3.63) is 95.3 Å². The average molecular weight is 410 g/mol. The van der Waals surface area contributed by atoms with Crippen LogP contribution in [0.15, 0.2) is 88.0 Å². The van der Waals surface area contributed by atoms with Crippen LogP contribution in [-0.2, 0) is 6.54 Å². The highest BCUT2D eigenvalue weighted by Crippen LogP contribution is 2.20. The quantitative estimate of drug-likeness (QED) is 0.364. The Hall–Kier alpha value is -3.51. The second kappa shape index (κ2) is 10.7. The first-order valence-electron chi connectivity index (χ1n) is 8.67. The zero-order valence-electron chi connectivity index (χ0n) is 15.6. The zero-order valence-corrected chi connectivity index (χ0v) is 16.4. The zero-order chi connectivity index (χ0) is 19.8. The average Bonchev–Trinajstić information content (AvgIpc) is 2.70. The van der Waals surface area contributed by atoms with Gasteiger partial charge in [-0.3, -0.25) is 4.99 Å². The fraction of sp³-hybridized carbons (Fsp3) is 0.0455. The lowest BCUT2D eigenvalue weighted by atomic mass is 10.0. The molecule has 0 fully saturated rings. The van der Waals surface area contributed by atoms with Gasteiger partial charge >= 0.3 is 0 Å². The molecule has 0 spiro atoms. The molecule has 0 saturated carbocycles. The molecule has 0 atom stereocenters. The number of nitrogens with zero attached hydrogens (tertiary/aromatic N) is 3. The molecule has 0 aliphatic rings. The standard InChI is InChI=1S/C22H20FN5.ClH/c23-21-11-5-17(6-12-21)14-26-13-16-1-7-19(8-2-16)20-9-3-18(4-10-20)15-27-28-22(24)25;/h1-13,15H,14H2,(H4,24,25,28);1H/b26-13?,27-15+;. The van der Waals surface area contributed by atoms with Gasteiger partial charge in [-0.05, 0) is 39.9 Å². The summed E-state index contributed by atoms with van der Waals surface area (Å²) in [5.74, 6) is -0.313. The third-order valence-electron chi connectivity index (χ3n) is 3.96. The van der Waals surface area contributed by atoms with Crippen molar-refractivity contribution in [3.63, 3.8) is 0 Å². The van der Waals surface area contributed by atoms with Crippen LogP contribution >= 0.6 is 12.4 Å². The molecule has 29 heavy (non-hydrogen) atoms. The number of rotatable bonds is 6. The number of hydrogen-bond donors (Lipinski definition) is 2. The molecule has 0 heterocycles. The Bertz CT molecular complexity index is 991. The Balaban J connectivity index is 0.00000300. The van der Waals surface area contributed by atoms with Gasteiger partial charge in [0.05, 0.1) is 12.8 Å². The summed E-state index contributed by atoms with van der Waals surface area (Å²) >= 11 is 0. The molecule has 4 N–H and O–H groups in total. The highest BCUT2D eigenvalue weighted by atomic mass is 35.5. The molecular formula is C22H21ClFN5. The maximum Gasteiger partial charge on any atom is 0.211 e. The van der Waals surface area contributed by atoms with Crippen molar-refractivity contribution in [1.29, 1.82) is 0 Å². The van der Waals surface area contributed by atoms with Gasteiger partial charge in [0.2, 0.25) is 5.96 Å². The van der Waals surface area contributed by atoms with Gasteiger partial charge in [-0.1, -0.05) is 60.7 Å². The van der Waals surface area contributed by atoms with Crippen LogP contribution in [0.4, 0.5) is 4.39 Å². The van der Waals surface area contributed by atoms with Crippen LogP contribution in [0.5, 0.6) is 0 Å². The first-order valence-corrected chi connectivity index (χ1v) is 8.67. The highest BCUT2D eigenvalue weighted by molar-refractivity contribution is 5.85. The second-order valence-corrected chi connectivity index (χ2v) is 6.11. The van der Waals surface area contributed by atoms with Crippen molar-refractivity contribution in [2.24, 2.45) is 26.7 Å². The Morgan fingerprint density at radius 2 is 1.28 bits per heavy atom. The van der Waals surface area contributed by atoms with Crippen LogP contribution in [0.25, 0.3) is 11.1 Å². The van der Waals surface area contributed by atoms with E-state index in [0.717, 1.165) is 27.8 Å². The summed E-state index contributed by atoms with van der Waals surface area (Å²) < 4.78 is 12.9. The predicted octanol–water partition coefficient (Wildman–Crippen LogP) is 4.14. The van der Waals surface area contributed by atoms with E-state index in [-0.39, 0.29) is 24.2 Å². The predicted molar refractivity (Wildman–Crippen MR) is 120 cm³/mol. The van der Waals surface area contributed by atoms with Gasteiger partial charge in [-0.25, -0.2) is 4.39 Å². The lowest BCUT2D eigenvalue weighted by Crippen LogP contribution is -2.21. The number of guanidine groups is 1. The van der Waals surface area contributed by atoms with Crippen molar-refractivity contribution >= 4 is 30.8 Å². The largest absolute Gasteiger partial charge is 0.369 e. The van der Waals surface area contributed by atoms with E-state index in [2.05, 4.69) is 15.2 Å². The summed E-state index contributed by atoms with van der Waals surface area (Å²) in [6, 6.07) is 22.4. The number of nitrogens with two attached hydrogens (primary N) is 2. The van der Waals surface area contributed by atoms with Crippen LogP contribution in [0, 0.1) is 5.82 Å². The van der Waals surface area contributed by atoms with Crippen LogP contribution < -0.4 is 11.5 Å². The molecule has 0 bridgehead atoms. The van der Waals surface area contributed by atoms with Gasteiger partial charge in [0.25, 0.3) is 0 Å². The second-order valence-electron chi connectivity index (χ2n) is 6.11. The van der Waals surface area contributed by atoms with Crippen LogP contribution in [-0.4, -0.2) is 18.4 Å². The Kier molecular flexibility index (Phi) is 8.06. The smallest absolute Gasteiger partial charge is 0.211 e. The maximum absolute atomic E-state index is 12.9. The number of halogens is 2. The molecule has 0 aromatic heterocycles. The van der Waals surface area contributed by atoms with Crippen LogP contribution in [0.3, 0.4) is 0 Å². The third kappa shape index (κ3) is 6.86. The summed E-state index contributed by atoms with van der Waals surface area (Å²) in [7, 11) is 0. The fourth-order valence-corrected chi connectivity index (χ4v) is 2.53. The van der Waals surface area contributed by atoms with Crippen molar-refractivity contribution in [3.8, 4) is 11.1 Å². The van der Waals surface area contributed by atoms with Gasteiger partial charge in [0.1, 0.15) is 5.82 Å². The summed E-state index contributed by atoms with van der Waals surface area (Å²) in [5, 5.41) is 7.36. The van der Waals surface area contributed by atoms with E-state index in [0.29, 0.717) is 6.54 Å². The number of benzene rings is 3. The van der Waals surface area contributed by atoms with Gasteiger partial charge < -0.3 is 11.5 Å². The molecule has 0 radical (unpaired) electrons. The molecule has 3 rings (SSSR count). The van der Waals surface area contributed by atoms with Gasteiger partial charge in [-0.15, -0.1) is 17.5 Å². The van der Waals surface area contributed by atoms with Crippen molar-refractivity contribution in [2.45, 2.75) is 6.54 Å². The minimum absolute atomic E-state index is 0. The van der Waals surface area contributed by atoms with Crippen LogP contribution in [0.2, 0.25) is 0 Å². The van der Waals surface area contributed by atoms with E-state index in [1.807, 2.05) is 54.7 Å². The van der Waals surface area contributed by atoms with E-state index < -0.39 is 0 Å². The Labute approximate surface area is 175 Å². The van der Waals surface area contributed by atoms with Crippen molar-refractivity contribution in [1.82, 2.24) is 0 Å². The van der Waals surface area contributed by atoms with Crippen molar-refractivity contribution in [2.75, 3.05) is 0 Å². The van der Waals surface area contributed by atoms with Gasteiger partial charge in [0.15, 0.2) is 0 Å². The topological polar surface area (TPSA) is 89.1 Å². The normalized spacial score (nSPS) is 10.8. The highest BCUT2D eigenvalue weighted by Gasteiger charge is 1.98. The van der Waals surface area contributed by atoms with E-state index in [1.165, 1.54) is 12.1 Å². The minimum atomic E-state index is -0.239. The lowest BCUT2D eigenvalue weighted by molar-refractivity contribution is 0.627. The molecule has 148 valence electrons. The monoisotopic (exact) mass is 409 g/mol. The van der Waals surface area contributed by atoms with E-state index in [4.69, 9.17) is 11.5 Å². The first-order chi connectivity index (χ1) is 13.6. The Morgan fingerprint density at radius 1 is 0.759 bits per heavy atom. The summed E-state index contributed by atoms with van der Waals surface area (Å²) in [4.78, 5) is 4.41. The molecule has 7 heteroatoms. The van der Waals surface area contributed by atoms with E-state index >= 15 is 0 Å². The maximum atomic E-state index is 12.9. The summed E-state index contributed by atoms with van der Waals surface area (Å²) in [5.41, 5.74) is 15.5. The number of aliphatic imine (C=N–C) groups is 1. The molecule has 0 aliphatic heterocycles. The van der Waals surface area contributed by atoms with Gasteiger partial charge in [0, 0.05) is 6.21 Å². The van der Waals surface area contributed by atoms with Crippen molar-refractivity contribution < 1.29 is 4.39 Å². The molecule has 0 amide bonds. The molecule has 5 nitrogen and oxygen atoms in total. The first kappa shape index (κ1) is 21.8. The SMILES string of the molecule is Cl.NC(N)=N/N=C/c1ccc(-c2ccc(C=NCc3ccc(F)cc3)cc2)cc1. The minimum Gasteiger partial charge on any atom is -0.369 e. The molecule has 0 aliphatic carbocycles. The number of hydrogen-bond acceptors (Lipinski definition) is 3. The summed E-state index contributed by atoms with van der Waals surface area (Å²) in [6.45, 7) is 0.519. The van der Waals surface area contributed by atoms with E-state index in [9.17, 15) is 4.39 Å². The van der Waals surface area contributed by atoms with E-state index in [1.54, 1.807) is 18.3 Å². The van der Waals surface area contributed by atoms with Crippen LogP contribution in [0.1, 0.15) is 16.7 Å². The molecule has 0 unspecified atom stereocenters. The fourth-order valence-electron chi connectivity index (χ4n) is 2.53. The third-order valence-corrected chi connectivity index (χ3v) is 3.96. The lowest BCUT2D eigenvalue weighted by Gasteiger charge is -2.03. The summed E-state index contributed by atoms with van der Waals surface area (Å²) in [6.07, 6.45) is 3.40. The van der Waals surface area contributed by atoms with Gasteiger partial charge in [-0.2, -0.15) is 5.10 Å². The Morgan fingerprint density at radius 3 is 1.79 bits per heavy atom. The molecule has 3 aromatic carbocycles. The molecular weight excluding hydrogens is 389 g/mol. The molecule has 0 saturated heterocycles. The molecule has 3 aromatic rings.